The fourth-order valence-corrected chi connectivity index (χ4v) is 1.51. The molecule has 0 unspecified atom stereocenters. The highest BCUT2D eigenvalue weighted by atomic mass is 14.7. The number of rotatable bonds is 2. The fourth-order valence-electron chi connectivity index (χ4n) is 1.51. The zero-order valence-electron chi connectivity index (χ0n) is 7.70. The van der Waals surface area contributed by atoms with Crippen LogP contribution in [0.15, 0.2) is 30.5 Å². The summed E-state index contributed by atoms with van der Waals surface area (Å²) in [6.45, 7) is 0. The first-order chi connectivity index (χ1) is 6.81. The van der Waals surface area contributed by atoms with Gasteiger partial charge in [0.25, 0.3) is 0 Å². The number of hydrogen-bond donors (Lipinski definition) is 2. The zero-order chi connectivity index (χ0) is 9.97. The Bertz CT molecular complexity index is 478. The van der Waals surface area contributed by atoms with E-state index in [1.165, 1.54) is 0 Å². The van der Waals surface area contributed by atoms with E-state index in [4.69, 9.17) is 11.0 Å². The van der Waals surface area contributed by atoms with Crippen LogP contribution in [0.2, 0.25) is 0 Å². The van der Waals surface area contributed by atoms with Crippen molar-refractivity contribution in [1.29, 1.82) is 5.26 Å². The number of aromatic nitrogens is 1. The summed E-state index contributed by atoms with van der Waals surface area (Å²) in [5, 5.41) is 9.70. The molecule has 0 bridgehead atoms. The van der Waals surface area contributed by atoms with Crippen LogP contribution in [0.25, 0.3) is 10.9 Å². The largest absolute Gasteiger partial charge is 0.361 e. The molecule has 1 aromatic heterocycles. The summed E-state index contributed by atoms with van der Waals surface area (Å²) < 4.78 is 0. The third-order valence-electron chi connectivity index (χ3n) is 2.32. The minimum Gasteiger partial charge on any atom is -0.361 e. The normalized spacial score (nSPS) is 12.6. The van der Waals surface area contributed by atoms with Crippen molar-refractivity contribution < 1.29 is 0 Å². The van der Waals surface area contributed by atoms with E-state index in [0.717, 1.165) is 16.5 Å². The predicted octanol–water partition coefficient (Wildman–Crippen LogP) is 2.08. The van der Waals surface area contributed by atoms with Crippen LogP contribution in [-0.4, -0.2) is 4.98 Å². The second-order valence-corrected chi connectivity index (χ2v) is 3.29. The molecule has 0 spiro atoms. The molecule has 1 aromatic carbocycles. The molecule has 2 aromatic rings. The summed E-state index contributed by atoms with van der Waals surface area (Å²) in [5.74, 6) is 0. The van der Waals surface area contributed by atoms with Crippen LogP contribution in [0.1, 0.15) is 18.0 Å². The highest BCUT2D eigenvalue weighted by molar-refractivity contribution is 5.79. The highest BCUT2D eigenvalue weighted by Gasteiger charge is 2.05. The molecule has 1 atom stereocenters. The SMILES string of the molecule is N#CC[C@@H](N)c1ccc2cc[nH]c2c1. The van der Waals surface area contributed by atoms with Gasteiger partial charge in [-0.1, -0.05) is 12.1 Å². The lowest BCUT2D eigenvalue weighted by atomic mass is 10.0. The van der Waals surface area contributed by atoms with Crippen molar-refractivity contribution in [3.8, 4) is 6.07 Å². The summed E-state index contributed by atoms with van der Waals surface area (Å²) >= 11 is 0. The van der Waals surface area contributed by atoms with Crippen LogP contribution >= 0.6 is 0 Å². The third-order valence-corrected chi connectivity index (χ3v) is 2.32. The molecule has 0 radical (unpaired) electrons. The summed E-state index contributed by atoms with van der Waals surface area (Å²) in [5.41, 5.74) is 7.90. The lowest BCUT2D eigenvalue weighted by Crippen LogP contribution is -2.08. The lowest BCUT2D eigenvalue weighted by Gasteiger charge is -2.07. The van der Waals surface area contributed by atoms with Gasteiger partial charge in [-0.25, -0.2) is 0 Å². The van der Waals surface area contributed by atoms with E-state index in [-0.39, 0.29) is 6.04 Å². The molecule has 0 aliphatic heterocycles. The van der Waals surface area contributed by atoms with Crippen LogP contribution in [0.3, 0.4) is 0 Å². The molecular formula is C11H11N3. The molecule has 3 N–H and O–H groups in total. The predicted molar refractivity (Wildman–Crippen MR) is 55.5 cm³/mol. The average Bonchev–Trinajstić information content (AvgIpc) is 2.64. The standard InChI is InChI=1S/C11H11N3/c12-5-3-10(13)9-2-1-8-4-6-14-11(8)7-9/h1-2,4,6-7,10,14H,3,13H2/t10-/m1/s1. The van der Waals surface area contributed by atoms with E-state index >= 15 is 0 Å². The van der Waals surface area contributed by atoms with Crippen LogP contribution < -0.4 is 5.73 Å². The Balaban J connectivity index is 2.39. The van der Waals surface area contributed by atoms with Gasteiger partial charge in [0.05, 0.1) is 12.5 Å². The first-order valence-corrected chi connectivity index (χ1v) is 4.51. The van der Waals surface area contributed by atoms with Gasteiger partial charge in [0.2, 0.25) is 0 Å². The van der Waals surface area contributed by atoms with Crippen molar-refractivity contribution in [2.24, 2.45) is 5.73 Å². The molecule has 0 amide bonds. The van der Waals surface area contributed by atoms with Crippen molar-refractivity contribution in [3.05, 3.63) is 36.0 Å². The molecule has 2 rings (SSSR count). The Morgan fingerprint density at radius 1 is 1.43 bits per heavy atom. The van der Waals surface area contributed by atoms with Gasteiger partial charge in [0.1, 0.15) is 0 Å². The van der Waals surface area contributed by atoms with E-state index in [0.29, 0.717) is 6.42 Å². The van der Waals surface area contributed by atoms with Crippen LogP contribution in [0, 0.1) is 11.3 Å². The number of aromatic amines is 1. The third kappa shape index (κ3) is 1.48. The van der Waals surface area contributed by atoms with Crippen LogP contribution in [0.4, 0.5) is 0 Å². The second-order valence-electron chi connectivity index (χ2n) is 3.29. The maximum absolute atomic E-state index is 8.53. The molecule has 0 saturated heterocycles. The first-order valence-electron chi connectivity index (χ1n) is 4.51. The molecule has 3 nitrogen and oxygen atoms in total. The Morgan fingerprint density at radius 3 is 3.07 bits per heavy atom. The van der Waals surface area contributed by atoms with E-state index in [9.17, 15) is 0 Å². The average molecular weight is 185 g/mol. The van der Waals surface area contributed by atoms with Crippen LogP contribution in [-0.2, 0) is 0 Å². The van der Waals surface area contributed by atoms with Gasteiger partial charge < -0.3 is 10.7 Å². The van der Waals surface area contributed by atoms with Crippen LogP contribution in [0.5, 0.6) is 0 Å². The van der Waals surface area contributed by atoms with E-state index in [2.05, 4.69) is 11.1 Å². The molecule has 0 fully saturated rings. The topological polar surface area (TPSA) is 65.6 Å². The number of H-pyrrole nitrogens is 1. The maximum atomic E-state index is 8.53. The summed E-state index contributed by atoms with van der Waals surface area (Å²) in [7, 11) is 0. The van der Waals surface area contributed by atoms with Crippen molar-refractivity contribution >= 4 is 10.9 Å². The molecule has 70 valence electrons. The number of hydrogen-bond acceptors (Lipinski definition) is 2. The van der Waals surface area contributed by atoms with E-state index in [1.54, 1.807) is 0 Å². The highest BCUT2D eigenvalue weighted by Crippen LogP contribution is 2.19. The molecule has 14 heavy (non-hydrogen) atoms. The number of nitrogens with zero attached hydrogens (tertiary/aromatic N) is 1. The van der Waals surface area contributed by atoms with Gasteiger partial charge in [0.15, 0.2) is 0 Å². The Hall–Kier alpha value is -1.79. The number of nitriles is 1. The van der Waals surface area contributed by atoms with Gasteiger partial charge in [-0.15, -0.1) is 0 Å². The lowest BCUT2D eigenvalue weighted by molar-refractivity contribution is 0.749. The minimum absolute atomic E-state index is 0.187. The Morgan fingerprint density at radius 2 is 2.29 bits per heavy atom. The van der Waals surface area contributed by atoms with Gasteiger partial charge in [-0.05, 0) is 23.1 Å². The molecule has 0 saturated carbocycles. The smallest absolute Gasteiger partial charge is 0.0641 e. The summed E-state index contributed by atoms with van der Waals surface area (Å²) in [6.07, 6.45) is 2.25. The molecule has 1 heterocycles. The fraction of sp³-hybridized carbons (Fsp3) is 0.182. The second kappa shape index (κ2) is 3.52. The zero-order valence-corrected chi connectivity index (χ0v) is 7.70. The summed E-state index contributed by atoms with van der Waals surface area (Å²) in [6, 6.07) is 9.87. The number of nitrogens with one attached hydrogen (secondary N) is 1. The number of nitrogens with two attached hydrogens (primary N) is 1. The van der Waals surface area contributed by atoms with Crippen molar-refractivity contribution in [2.45, 2.75) is 12.5 Å². The maximum Gasteiger partial charge on any atom is 0.0641 e. The molecule has 0 aliphatic carbocycles. The van der Waals surface area contributed by atoms with Gasteiger partial charge in [-0.2, -0.15) is 5.26 Å². The summed E-state index contributed by atoms with van der Waals surface area (Å²) in [4.78, 5) is 3.12. The minimum atomic E-state index is -0.187. The van der Waals surface area contributed by atoms with Gasteiger partial charge >= 0.3 is 0 Å². The molecular weight excluding hydrogens is 174 g/mol. The number of fused-ring (bicyclic) bond motifs is 1. The van der Waals surface area contributed by atoms with Crippen molar-refractivity contribution in [2.75, 3.05) is 0 Å². The van der Waals surface area contributed by atoms with Gasteiger partial charge in [0, 0.05) is 17.8 Å². The van der Waals surface area contributed by atoms with Crippen molar-refractivity contribution in [3.63, 3.8) is 0 Å². The quantitative estimate of drug-likeness (QED) is 0.752. The first kappa shape index (κ1) is 8.79. The molecule has 0 aliphatic rings. The Labute approximate surface area is 82.1 Å². The van der Waals surface area contributed by atoms with Gasteiger partial charge in [-0.3, -0.25) is 0 Å². The molecule has 3 heteroatoms. The monoisotopic (exact) mass is 185 g/mol. The van der Waals surface area contributed by atoms with Crippen molar-refractivity contribution in [1.82, 2.24) is 4.98 Å². The van der Waals surface area contributed by atoms with E-state index in [1.807, 2.05) is 30.5 Å². The Kier molecular flexibility index (Phi) is 2.21. The van der Waals surface area contributed by atoms with E-state index < -0.39 is 0 Å². The number of benzene rings is 1.